The molecule has 0 N–H and O–H groups in total. The third-order valence-corrected chi connectivity index (χ3v) is 4.44. The van der Waals surface area contributed by atoms with Gasteiger partial charge in [-0.25, -0.2) is 4.68 Å². The van der Waals surface area contributed by atoms with Gasteiger partial charge in [0.1, 0.15) is 0 Å². The van der Waals surface area contributed by atoms with Gasteiger partial charge >= 0.3 is 0 Å². The second-order valence-electron chi connectivity index (χ2n) is 5.75. The fourth-order valence-electron chi connectivity index (χ4n) is 2.35. The Kier molecular flexibility index (Phi) is 6.14. The standard InChI is InChI=1S/C17H22ClN5O2/c1-5-22(11-16(25)12(2)21(4)13(3)24)15-10-23(20-17(15)18)14-7-6-8-19-9-14/h6-10,12H,5,11H2,1-4H3. The van der Waals surface area contributed by atoms with E-state index in [9.17, 15) is 9.59 Å². The van der Waals surface area contributed by atoms with Gasteiger partial charge in [-0.3, -0.25) is 14.6 Å². The van der Waals surface area contributed by atoms with E-state index in [0.717, 1.165) is 5.69 Å². The molecule has 0 aliphatic rings. The summed E-state index contributed by atoms with van der Waals surface area (Å²) in [4.78, 5) is 31.3. The van der Waals surface area contributed by atoms with Crippen LogP contribution in [0.5, 0.6) is 0 Å². The van der Waals surface area contributed by atoms with Crippen LogP contribution in [0.25, 0.3) is 5.69 Å². The minimum absolute atomic E-state index is 0.0651. The molecule has 1 atom stereocenters. The van der Waals surface area contributed by atoms with E-state index in [2.05, 4.69) is 10.1 Å². The molecule has 134 valence electrons. The number of amides is 1. The Labute approximate surface area is 152 Å². The van der Waals surface area contributed by atoms with Crippen molar-refractivity contribution in [3.8, 4) is 5.69 Å². The van der Waals surface area contributed by atoms with Gasteiger partial charge in [0.05, 0.1) is 36.4 Å². The van der Waals surface area contributed by atoms with E-state index in [-0.39, 0.29) is 18.2 Å². The van der Waals surface area contributed by atoms with Crippen molar-refractivity contribution in [2.24, 2.45) is 0 Å². The van der Waals surface area contributed by atoms with Crippen molar-refractivity contribution < 1.29 is 9.59 Å². The Balaban J connectivity index is 2.19. The topological polar surface area (TPSA) is 71.3 Å². The molecular formula is C17H22ClN5O2. The van der Waals surface area contributed by atoms with Gasteiger partial charge in [-0.2, -0.15) is 5.10 Å². The molecule has 7 nitrogen and oxygen atoms in total. The van der Waals surface area contributed by atoms with Gasteiger partial charge in [-0.15, -0.1) is 0 Å². The smallest absolute Gasteiger partial charge is 0.219 e. The number of carbonyl (C=O) groups excluding carboxylic acids is 2. The Morgan fingerprint density at radius 1 is 1.40 bits per heavy atom. The number of aromatic nitrogens is 3. The molecule has 0 bridgehead atoms. The summed E-state index contributed by atoms with van der Waals surface area (Å²) in [6.07, 6.45) is 5.13. The molecule has 0 saturated carbocycles. The summed E-state index contributed by atoms with van der Waals surface area (Å²) in [5, 5.41) is 4.60. The van der Waals surface area contributed by atoms with E-state index >= 15 is 0 Å². The lowest BCUT2D eigenvalue weighted by atomic mass is 10.1. The van der Waals surface area contributed by atoms with Gasteiger partial charge in [0.15, 0.2) is 10.9 Å². The maximum Gasteiger partial charge on any atom is 0.219 e. The monoisotopic (exact) mass is 363 g/mol. The summed E-state index contributed by atoms with van der Waals surface area (Å²) < 4.78 is 1.63. The molecule has 0 saturated heterocycles. The van der Waals surface area contributed by atoms with E-state index < -0.39 is 6.04 Å². The molecular weight excluding hydrogens is 342 g/mol. The van der Waals surface area contributed by atoms with E-state index in [0.29, 0.717) is 17.4 Å². The molecule has 0 fully saturated rings. The van der Waals surface area contributed by atoms with Gasteiger partial charge < -0.3 is 9.80 Å². The molecule has 1 unspecified atom stereocenters. The highest BCUT2D eigenvalue weighted by Crippen LogP contribution is 2.26. The zero-order valence-electron chi connectivity index (χ0n) is 14.8. The minimum atomic E-state index is -0.501. The first-order valence-corrected chi connectivity index (χ1v) is 8.39. The Morgan fingerprint density at radius 3 is 2.68 bits per heavy atom. The molecule has 2 heterocycles. The Bertz CT molecular complexity index is 747. The zero-order valence-corrected chi connectivity index (χ0v) is 15.6. The number of Topliss-reactive ketones (excluding diaryl/α,β-unsaturated/α-hetero) is 1. The van der Waals surface area contributed by atoms with Gasteiger partial charge in [-0.1, -0.05) is 11.6 Å². The van der Waals surface area contributed by atoms with E-state index in [1.807, 2.05) is 24.0 Å². The maximum absolute atomic E-state index is 12.5. The molecule has 0 radical (unpaired) electrons. The average Bonchev–Trinajstić information content (AvgIpc) is 3.00. The molecule has 0 spiro atoms. The lowest BCUT2D eigenvalue weighted by Crippen LogP contribution is -2.44. The predicted octanol–water partition coefficient (Wildman–Crippen LogP) is 2.18. The van der Waals surface area contributed by atoms with Crippen molar-refractivity contribution in [1.29, 1.82) is 0 Å². The minimum Gasteiger partial charge on any atom is -0.361 e. The van der Waals surface area contributed by atoms with Crippen LogP contribution < -0.4 is 4.90 Å². The lowest BCUT2D eigenvalue weighted by Gasteiger charge is -2.26. The number of anilines is 1. The summed E-state index contributed by atoms with van der Waals surface area (Å²) in [6, 6.07) is 3.18. The second kappa shape index (κ2) is 8.11. The second-order valence-corrected chi connectivity index (χ2v) is 6.11. The largest absolute Gasteiger partial charge is 0.361 e. The molecule has 2 rings (SSSR count). The van der Waals surface area contributed by atoms with Crippen LogP contribution in [0.2, 0.25) is 5.15 Å². The van der Waals surface area contributed by atoms with E-state index in [1.165, 1.54) is 11.8 Å². The highest BCUT2D eigenvalue weighted by atomic mass is 35.5. The Hall–Kier alpha value is -2.41. The maximum atomic E-state index is 12.5. The zero-order chi connectivity index (χ0) is 18.6. The molecule has 2 aromatic heterocycles. The fraction of sp³-hybridized carbons (Fsp3) is 0.412. The number of rotatable bonds is 7. The SMILES string of the molecule is CCN(CC(=O)C(C)N(C)C(C)=O)c1cn(-c2cccnc2)nc1Cl. The van der Waals surface area contributed by atoms with Crippen molar-refractivity contribution in [3.05, 3.63) is 35.9 Å². The average molecular weight is 364 g/mol. The first-order valence-electron chi connectivity index (χ1n) is 8.01. The predicted molar refractivity (Wildman–Crippen MR) is 97.2 cm³/mol. The third-order valence-electron chi connectivity index (χ3n) is 4.17. The van der Waals surface area contributed by atoms with Crippen LogP contribution in [-0.4, -0.2) is 57.5 Å². The van der Waals surface area contributed by atoms with Crippen molar-refractivity contribution in [3.63, 3.8) is 0 Å². The number of likely N-dealkylation sites (N-methyl/N-ethyl adjacent to an activating group) is 2. The summed E-state index contributed by atoms with van der Waals surface area (Å²) >= 11 is 6.27. The van der Waals surface area contributed by atoms with Gasteiger partial charge in [0.2, 0.25) is 5.91 Å². The van der Waals surface area contributed by atoms with Crippen LogP contribution in [0, 0.1) is 0 Å². The number of nitrogens with zero attached hydrogens (tertiary/aromatic N) is 5. The van der Waals surface area contributed by atoms with Crippen molar-refractivity contribution in [2.75, 3.05) is 25.0 Å². The van der Waals surface area contributed by atoms with Gasteiger partial charge in [0, 0.05) is 26.7 Å². The van der Waals surface area contributed by atoms with Crippen molar-refractivity contribution in [1.82, 2.24) is 19.7 Å². The van der Waals surface area contributed by atoms with Gasteiger partial charge in [-0.05, 0) is 26.0 Å². The van der Waals surface area contributed by atoms with Gasteiger partial charge in [0.25, 0.3) is 0 Å². The van der Waals surface area contributed by atoms with Crippen LogP contribution in [0.1, 0.15) is 20.8 Å². The first kappa shape index (κ1) is 18.9. The number of hydrogen-bond acceptors (Lipinski definition) is 5. The van der Waals surface area contributed by atoms with Crippen LogP contribution in [0.3, 0.4) is 0 Å². The van der Waals surface area contributed by atoms with Crippen LogP contribution >= 0.6 is 11.6 Å². The number of hydrogen-bond donors (Lipinski definition) is 0. The number of pyridine rings is 1. The van der Waals surface area contributed by atoms with Crippen LogP contribution in [-0.2, 0) is 9.59 Å². The number of halogens is 1. The highest BCUT2D eigenvalue weighted by molar-refractivity contribution is 6.32. The number of ketones is 1. The van der Waals surface area contributed by atoms with Crippen molar-refractivity contribution in [2.45, 2.75) is 26.8 Å². The lowest BCUT2D eigenvalue weighted by molar-refractivity contribution is -0.135. The molecule has 25 heavy (non-hydrogen) atoms. The molecule has 2 aromatic rings. The molecule has 0 aliphatic carbocycles. The van der Waals surface area contributed by atoms with Crippen LogP contribution in [0.4, 0.5) is 5.69 Å². The summed E-state index contributed by atoms with van der Waals surface area (Å²) in [6.45, 7) is 5.83. The molecule has 0 aliphatic heterocycles. The number of carbonyl (C=O) groups is 2. The quantitative estimate of drug-likeness (QED) is 0.754. The van der Waals surface area contributed by atoms with Crippen LogP contribution in [0.15, 0.2) is 30.7 Å². The summed E-state index contributed by atoms with van der Waals surface area (Å²) in [5.41, 5.74) is 1.45. The molecule has 1 amide bonds. The Morgan fingerprint density at radius 2 is 2.12 bits per heavy atom. The fourth-order valence-corrected chi connectivity index (χ4v) is 2.60. The normalized spacial score (nSPS) is 11.9. The molecule has 8 heteroatoms. The van der Waals surface area contributed by atoms with E-state index in [1.54, 1.807) is 37.2 Å². The van der Waals surface area contributed by atoms with E-state index in [4.69, 9.17) is 11.6 Å². The first-order chi connectivity index (χ1) is 11.8. The summed E-state index contributed by atoms with van der Waals surface area (Å²) in [7, 11) is 1.62. The third kappa shape index (κ3) is 4.36. The summed E-state index contributed by atoms with van der Waals surface area (Å²) in [5.74, 6) is -0.212. The molecule has 0 aromatic carbocycles. The highest BCUT2D eigenvalue weighted by Gasteiger charge is 2.23. The van der Waals surface area contributed by atoms with Crippen molar-refractivity contribution >= 4 is 29.0 Å².